The second kappa shape index (κ2) is 5.87. The molecule has 3 aliphatic rings. The molecule has 3 aromatic heterocycles. The van der Waals surface area contributed by atoms with Crippen LogP contribution in [0.1, 0.15) is 72.1 Å². The normalized spacial score (nSPS) is 23.3. The van der Waals surface area contributed by atoms with Crippen LogP contribution in [0.15, 0.2) is 36.9 Å². The van der Waals surface area contributed by atoms with E-state index >= 15 is 0 Å². The molecule has 2 aliphatic carbocycles. The molecule has 2 saturated carbocycles. The fourth-order valence-corrected chi connectivity index (χ4v) is 4.87. The number of aromatic nitrogens is 4. The SMILES string of the molecule is O=C(c1cnc(C2CC2)nc1)N1CCC(c2c[nH]c3ncccc23)CC12CC2. The summed E-state index contributed by atoms with van der Waals surface area (Å²) >= 11 is 0. The van der Waals surface area contributed by atoms with Gasteiger partial charge in [0.2, 0.25) is 0 Å². The zero-order chi connectivity index (χ0) is 18.7. The number of H-pyrrole nitrogens is 1. The van der Waals surface area contributed by atoms with Crippen LogP contribution < -0.4 is 0 Å². The van der Waals surface area contributed by atoms with Crippen LogP contribution in [-0.2, 0) is 0 Å². The molecule has 6 heteroatoms. The molecule has 1 spiro atoms. The lowest BCUT2D eigenvalue weighted by Gasteiger charge is -2.40. The topological polar surface area (TPSA) is 74.8 Å². The number of amides is 1. The molecule has 0 aromatic carbocycles. The zero-order valence-corrected chi connectivity index (χ0v) is 15.8. The number of hydrogen-bond donors (Lipinski definition) is 1. The van der Waals surface area contributed by atoms with E-state index in [1.54, 1.807) is 12.4 Å². The summed E-state index contributed by atoms with van der Waals surface area (Å²) in [4.78, 5) is 31.9. The maximum absolute atomic E-state index is 13.2. The third-order valence-corrected chi connectivity index (χ3v) is 6.76. The van der Waals surface area contributed by atoms with E-state index in [0.717, 1.165) is 43.7 Å². The molecular weight excluding hydrogens is 350 g/mol. The van der Waals surface area contributed by atoms with Gasteiger partial charge in [0.1, 0.15) is 11.5 Å². The number of pyridine rings is 1. The highest BCUT2D eigenvalue weighted by atomic mass is 16.2. The van der Waals surface area contributed by atoms with E-state index in [9.17, 15) is 4.79 Å². The van der Waals surface area contributed by atoms with E-state index in [2.05, 4.69) is 37.1 Å². The highest BCUT2D eigenvalue weighted by Gasteiger charge is 2.53. The number of piperidine rings is 1. The fraction of sp³-hybridized carbons (Fsp3) is 0.455. The van der Waals surface area contributed by atoms with Crippen molar-refractivity contribution in [2.75, 3.05) is 6.54 Å². The fourth-order valence-electron chi connectivity index (χ4n) is 4.87. The van der Waals surface area contributed by atoms with Gasteiger partial charge in [-0.15, -0.1) is 0 Å². The molecule has 0 bridgehead atoms. The van der Waals surface area contributed by atoms with Crippen LogP contribution >= 0.6 is 0 Å². The van der Waals surface area contributed by atoms with Gasteiger partial charge in [0, 0.05) is 48.2 Å². The standard InChI is InChI=1S/C22H23N5O/c28-21(16-11-24-19(25-12-16)14-3-4-14)27-9-5-15(10-22(27)6-7-22)18-13-26-20-17(18)2-1-8-23-20/h1-2,8,11-15H,3-7,9-10H2,(H,23,26). The Hall–Kier alpha value is -2.76. The van der Waals surface area contributed by atoms with Gasteiger partial charge in [0.05, 0.1) is 5.56 Å². The van der Waals surface area contributed by atoms with E-state index in [-0.39, 0.29) is 11.4 Å². The summed E-state index contributed by atoms with van der Waals surface area (Å²) < 4.78 is 0. The quantitative estimate of drug-likeness (QED) is 0.758. The number of carbonyl (C=O) groups is 1. The molecular formula is C22H23N5O. The number of nitrogens with one attached hydrogen (secondary N) is 1. The van der Waals surface area contributed by atoms with Crippen molar-refractivity contribution >= 4 is 16.9 Å². The van der Waals surface area contributed by atoms with Gasteiger partial charge < -0.3 is 9.88 Å². The molecule has 28 heavy (non-hydrogen) atoms. The monoisotopic (exact) mass is 373 g/mol. The number of rotatable bonds is 3. The van der Waals surface area contributed by atoms with Gasteiger partial charge in [-0.1, -0.05) is 0 Å². The smallest absolute Gasteiger partial charge is 0.257 e. The molecule has 1 unspecified atom stereocenters. The van der Waals surface area contributed by atoms with Gasteiger partial charge in [-0.05, 0) is 62.1 Å². The van der Waals surface area contributed by atoms with Crippen molar-refractivity contribution in [1.82, 2.24) is 24.8 Å². The number of fused-ring (bicyclic) bond motifs is 1. The lowest BCUT2D eigenvalue weighted by molar-refractivity contribution is 0.0547. The first kappa shape index (κ1) is 16.2. The van der Waals surface area contributed by atoms with E-state index in [1.807, 2.05) is 12.3 Å². The van der Waals surface area contributed by atoms with E-state index in [1.165, 1.54) is 23.8 Å². The highest BCUT2D eigenvalue weighted by Crippen LogP contribution is 2.53. The molecule has 3 fully saturated rings. The summed E-state index contributed by atoms with van der Waals surface area (Å²) in [7, 11) is 0. The average molecular weight is 373 g/mol. The van der Waals surface area contributed by atoms with Crippen LogP contribution in [0.5, 0.6) is 0 Å². The van der Waals surface area contributed by atoms with Crippen molar-refractivity contribution in [3.63, 3.8) is 0 Å². The molecule has 142 valence electrons. The van der Waals surface area contributed by atoms with Crippen LogP contribution in [0.25, 0.3) is 11.0 Å². The molecule has 1 atom stereocenters. The summed E-state index contributed by atoms with van der Waals surface area (Å²) in [5.41, 5.74) is 2.94. The van der Waals surface area contributed by atoms with Crippen molar-refractivity contribution < 1.29 is 4.79 Å². The number of nitrogens with zero attached hydrogens (tertiary/aromatic N) is 4. The molecule has 0 radical (unpaired) electrons. The summed E-state index contributed by atoms with van der Waals surface area (Å²) in [6.07, 6.45) is 13.9. The summed E-state index contributed by atoms with van der Waals surface area (Å²) in [5, 5.41) is 1.21. The Bertz CT molecular complexity index is 1050. The van der Waals surface area contributed by atoms with E-state index < -0.39 is 0 Å². The lowest BCUT2D eigenvalue weighted by atomic mass is 9.83. The Kier molecular flexibility index (Phi) is 3.40. The first-order valence-electron chi connectivity index (χ1n) is 10.3. The van der Waals surface area contributed by atoms with Gasteiger partial charge >= 0.3 is 0 Å². The maximum Gasteiger partial charge on any atom is 0.257 e. The summed E-state index contributed by atoms with van der Waals surface area (Å²) in [6.45, 7) is 0.792. The first-order chi connectivity index (χ1) is 13.7. The van der Waals surface area contributed by atoms with E-state index in [0.29, 0.717) is 17.4 Å². The highest BCUT2D eigenvalue weighted by molar-refractivity contribution is 5.94. The van der Waals surface area contributed by atoms with Crippen molar-refractivity contribution in [3.8, 4) is 0 Å². The van der Waals surface area contributed by atoms with Crippen LogP contribution in [0.4, 0.5) is 0 Å². The summed E-state index contributed by atoms with van der Waals surface area (Å²) in [5.74, 6) is 1.97. The molecule has 6 rings (SSSR count). The third kappa shape index (κ3) is 2.54. The minimum atomic E-state index is 0.0148. The number of likely N-dealkylation sites (tertiary alicyclic amines) is 1. The molecule has 3 aromatic rings. The lowest BCUT2D eigenvalue weighted by Crippen LogP contribution is -2.47. The van der Waals surface area contributed by atoms with Crippen LogP contribution in [-0.4, -0.2) is 42.8 Å². The average Bonchev–Trinajstić information content (AvgIpc) is 3.67. The largest absolute Gasteiger partial charge is 0.346 e. The molecule has 1 saturated heterocycles. The second-order valence-corrected chi connectivity index (χ2v) is 8.62. The molecule has 6 nitrogen and oxygen atoms in total. The number of hydrogen-bond acceptors (Lipinski definition) is 4. The Morgan fingerprint density at radius 3 is 2.68 bits per heavy atom. The third-order valence-electron chi connectivity index (χ3n) is 6.76. The molecule has 1 aliphatic heterocycles. The van der Waals surface area contributed by atoms with Gasteiger partial charge in [-0.25, -0.2) is 15.0 Å². The van der Waals surface area contributed by atoms with Crippen molar-refractivity contribution in [3.05, 3.63) is 53.9 Å². The van der Waals surface area contributed by atoms with Gasteiger partial charge in [-0.3, -0.25) is 4.79 Å². The molecule has 4 heterocycles. The van der Waals surface area contributed by atoms with Gasteiger partial charge in [-0.2, -0.15) is 0 Å². The number of aromatic amines is 1. The van der Waals surface area contributed by atoms with Crippen LogP contribution in [0, 0.1) is 0 Å². The second-order valence-electron chi connectivity index (χ2n) is 8.62. The number of carbonyl (C=O) groups excluding carboxylic acids is 1. The predicted octanol–water partition coefficient (Wildman–Crippen LogP) is 3.78. The van der Waals surface area contributed by atoms with Crippen molar-refractivity contribution in [2.45, 2.75) is 55.9 Å². The van der Waals surface area contributed by atoms with Gasteiger partial charge in [0.15, 0.2) is 0 Å². The van der Waals surface area contributed by atoms with Crippen molar-refractivity contribution in [1.29, 1.82) is 0 Å². The van der Waals surface area contributed by atoms with Crippen molar-refractivity contribution in [2.24, 2.45) is 0 Å². The Morgan fingerprint density at radius 2 is 1.93 bits per heavy atom. The Labute approximate surface area is 163 Å². The predicted molar refractivity (Wildman–Crippen MR) is 105 cm³/mol. The Balaban J connectivity index is 1.24. The Morgan fingerprint density at radius 1 is 1.11 bits per heavy atom. The minimum Gasteiger partial charge on any atom is -0.346 e. The maximum atomic E-state index is 13.2. The first-order valence-corrected chi connectivity index (χ1v) is 10.3. The van der Waals surface area contributed by atoms with Gasteiger partial charge in [0.25, 0.3) is 5.91 Å². The zero-order valence-electron chi connectivity index (χ0n) is 15.8. The minimum absolute atomic E-state index is 0.0148. The van der Waals surface area contributed by atoms with E-state index in [4.69, 9.17) is 0 Å². The van der Waals surface area contributed by atoms with Crippen LogP contribution in [0.3, 0.4) is 0 Å². The molecule has 1 N–H and O–H groups in total. The summed E-state index contributed by atoms with van der Waals surface area (Å²) in [6, 6.07) is 4.14. The molecule has 1 amide bonds. The van der Waals surface area contributed by atoms with Crippen LogP contribution in [0.2, 0.25) is 0 Å².